The molecule has 0 aromatic carbocycles. The van der Waals surface area contributed by atoms with E-state index in [9.17, 15) is 0 Å². The Morgan fingerprint density at radius 3 is 2.22 bits per heavy atom. The number of hydrogen-bond acceptors (Lipinski definition) is 3. The van der Waals surface area contributed by atoms with Gasteiger partial charge in [-0.1, -0.05) is 19.3 Å². The number of guanidine groups is 1. The molecular formula is C17H39IN4S. The Labute approximate surface area is 166 Å². The van der Waals surface area contributed by atoms with Crippen LogP contribution in [0.2, 0.25) is 0 Å². The minimum atomic E-state index is 0. The van der Waals surface area contributed by atoms with Crippen LogP contribution in [0.25, 0.3) is 0 Å². The second-order valence-corrected chi connectivity index (χ2v) is 8.17. The van der Waals surface area contributed by atoms with E-state index in [1.54, 1.807) is 0 Å². The number of aliphatic imine (C=N–C) groups is 1. The van der Waals surface area contributed by atoms with Gasteiger partial charge in [-0.15, -0.1) is 24.0 Å². The third-order valence-electron chi connectivity index (χ3n) is 3.59. The molecule has 0 saturated heterocycles. The third-order valence-corrected chi connectivity index (χ3v) is 4.82. The van der Waals surface area contributed by atoms with Crippen molar-refractivity contribution < 1.29 is 0 Å². The van der Waals surface area contributed by atoms with Gasteiger partial charge in [-0.3, -0.25) is 4.99 Å². The SMILES string of the molecule is CCNC(=NCC(C)(C)SC)NCCCCCCCN(C)C.I. The molecular weight excluding hydrogens is 419 g/mol. The van der Waals surface area contributed by atoms with Crippen LogP contribution in [0.15, 0.2) is 4.99 Å². The molecule has 0 rings (SSSR count). The molecule has 0 aliphatic carbocycles. The van der Waals surface area contributed by atoms with E-state index in [1.807, 2.05) is 11.8 Å². The lowest BCUT2D eigenvalue weighted by Gasteiger charge is -2.20. The first-order valence-corrected chi connectivity index (χ1v) is 9.86. The van der Waals surface area contributed by atoms with Crippen LogP contribution in [0.3, 0.4) is 0 Å². The number of unbranched alkanes of at least 4 members (excludes halogenated alkanes) is 4. The molecule has 0 fully saturated rings. The highest BCUT2D eigenvalue weighted by molar-refractivity contribution is 14.0. The van der Waals surface area contributed by atoms with Gasteiger partial charge >= 0.3 is 0 Å². The van der Waals surface area contributed by atoms with E-state index < -0.39 is 0 Å². The quantitative estimate of drug-likeness (QED) is 0.202. The summed E-state index contributed by atoms with van der Waals surface area (Å²) in [5, 5.41) is 6.77. The number of nitrogens with zero attached hydrogens (tertiary/aromatic N) is 2. The van der Waals surface area contributed by atoms with Gasteiger partial charge in [-0.05, 0) is 60.5 Å². The van der Waals surface area contributed by atoms with Crippen molar-refractivity contribution in [1.29, 1.82) is 0 Å². The fraction of sp³-hybridized carbons (Fsp3) is 0.941. The van der Waals surface area contributed by atoms with E-state index >= 15 is 0 Å². The van der Waals surface area contributed by atoms with Crippen molar-refractivity contribution in [3.05, 3.63) is 0 Å². The molecule has 0 amide bonds. The topological polar surface area (TPSA) is 39.7 Å². The van der Waals surface area contributed by atoms with Crippen molar-refractivity contribution in [2.75, 3.05) is 46.5 Å². The Bertz CT molecular complexity index is 296. The summed E-state index contributed by atoms with van der Waals surface area (Å²) >= 11 is 1.86. The minimum absolute atomic E-state index is 0. The summed E-state index contributed by atoms with van der Waals surface area (Å²) in [5.41, 5.74) is 0. The second-order valence-electron chi connectivity index (χ2n) is 6.66. The summed E-state index contributed by atoms with van der Waals surface area (Å²) in [5.74, 6) is 0.956. The average molecular weight is 458 g/mol. The van der Waals surface area contributed by atoms with Crippen LogP contribution in [-0.4, -0.2) is 62.1 Å². The normalized spacial score (nSPS) is 12.2. The Morgan fingerprint density at radius 2 is 1.65 bits per heavy atom. The van der Waals surface area contributed by atoms with Gasteiger partial charge in [0.15, 0.2) is 5.96 Å². The van der Waals surface area contributed by atoms with Gasteiger partial charge < -0.3 is 15.5 Å². The maximum absolute atomic E-state index is 4.69. The van der Waals surface area contributed by atoms with E-state index in [-0.39, 0.29) is 28.7 Å². The molecule has 2 N–H and O–H groups in total. The molecule has 4 nitrogen and oxygen atoms in total. The summed E-state index contributed by atoms with van der Waals surface area (Å²) in [4.78, 5) is 6.95. The molecule has 0 atom stereocenters. The minimum Gasteiger partial charge on any atom is -0.357 e. The monoisotopic (exact) mass is 458 g/mol. The van der Waals surface area contributed by atoms with Crippen LogP contribution in [0.5, 0.6) is 0 Å². The maximum atomic E-state index is 4.69. The molecule has 0 aromatic rings. The number of thioether (sulfide) groups is 1. The van der Waals surface area contributed by atoms with Gasteiger partial charge in [-0.2, -0.15) is 11.8 Å². The molecule has 6 heteroatoms. The lowest BCUT2D eigenvalue weighted by Crippen LogP contribution is -2.38. The van der Waals surface area contributed by atoms with E-state index in [0.29, 0.717) is 0 Å². The molecule has 0 aromatic heterocycles. The van der Waals surface area contributed by atoms with Crippen LogP contribution in [0, 0.1) is 0 Å². The Kier molecular flexibility index (Phi) is 17.6. The molecule has 0 aliphatic rings. The molecule has 0 aliphatic heterocycles. The molecule has 0 radical (unpaired) electrons. The van der Waals surface area contributed by atoms with Crippen LogP contribution >= 0.6 is 35.7 Å². The molecule has 0 heterocycles. The molecule has 0 unspecified atom stereocenters. The zero-order valence-corrected chi connectivity index (χ0v) is 19.2. The van der Waals surface area contributed by atoms with Gasteiger partial charge in [0.05, 0.1) is 6.54 Å². The van der Waals surface area contributed by atoms with Gasteiger partial charge in [-0.25, -0.2) is 0 Å². The first-order chi connectivity index (χ1) is 10.4. The second kappa shape index (κ2) is 15.8. The highest BCUT2D eigenvalue weighted by Gasteiger charge is 2.15. The lowest BCUT2D eigenvalue weighted by atomic mass is 10.1. The summed E-state index contributed by atoms with van der Waals surface area (Å²) in [7, 11) is 4.29. The van der Waals surface area contributed by atoms with Crippen molar-refractivity contribution in [1.82, 2.24) is 15.5 Å². The Morgan fingerprint density at radius 1 is 1.04 bits per heavy atom. The Hall–Kier alpha value is 0.310. The highest BCUT2D eigenvalue weighted by atomic mass is 127. The summed E-state index contributed by atoms with van der Waals surface area (Å²) in [6.45, 7) is 10.6. The van der Waals surface area contributed by atoms with Crippen molar-refractivity contribution in [2.24, 2.45) is 4.99 Å². The van der Waals surface area contributed by atoms with Gasteiger partial charge in [0.1, 0.15) is 0 Å². The Balaban J connectivity index is 0. The largest absolute Gasteiger partial charge is 0.357 e. The molecule has 140 valence electrons. The van der Waals surface area contributed by atoms with Gasteiger partial charge in [0.2, 0.25) is 0 Å². The van der Waals surface area contributed by atoms with Crippen molar-refractivity contribution in [2.45, 2.75) is 57.6 Å². The van der Waals surface area contributed by atoms with Crippen molar-refractivity contribution in [3.63, 3.8) is 0 Å². The predicted octanol–water partition coefficient (Wildman–Crippen LogP) is 3.81. The molecule has 23 heavy (non-hydrogen) atoms. The van der Waals surface area contributed by atoms with Crippen LogP contribution in [0.4, 0.5) is 0 Å². The highest BCUT2D eigenvalue weighted by Crippen LogP contribution is 2.20. The summed E-state index contributed by atoms with van der Waals surface area (Å²) in [6, 6.07) is 0. The predicted molar refractivity (Wildman–Crippen MR) is 119 cm³/mol. The van der Waals surface area contributed by atoms with Gasteiger partial charge in [0.25, 0.3) is 0 Å². The van der Waals surface area contributed by atoms with Crippen LogP contribution in [-0.2, 0) is 0 Å². The fourth-order valence-corrected chi connectivity index (χ4v) is 2.16. The number of nitrogens with one attached hydrogen (secondary N) is 2. The number of hydrogen-bond donors (Lipinski definition) is 2. The van der Waals surface area contributed by atoms with Crippen LogP contribution in [0.1, 0.15) is 52.9 Å². The first kappa shape index (κ1) is 25.5. The molecule has 0 bridgehead atoms. The average Bonchev–Trinajstić information content (AvgIpc) is 2.47. The molecule has 0 saturated carbocycles. The smallest absolute Gasteiger partial charge is 0.191 e. The summed E-state index contributed by atoms with van der Waals surface area (Å²) in [6.07, 6.45) is 8.66. The maximum Gasteiger partial charge on any atom is 0.191 e. The number of halogens is 1. The van der Waals surface area contributed by atoms with E-state index in [1.165, 1.54) is 38.6 Å². The molecule has 0 spiro atoms. The first-order valence-electron chi connectivity index (χ1n) is 8.63. The van der Waals surface area contributed by atoms with Crippen LogP contribution < -0.4 is 10.6 Å². The van der Waals surface area contributed by atoms with Crippen molar-refractivity contribution >= 4 is 41.7 Å². The van der Waals surface area contributed by atoms with Crippen molar-refractivity contribution in [3.8, 4) is 0 Å². The zero-order valence-electron chi connectivity index (χ0n) is 16.1. The standard InChI is InChI=1S/C17H38N4S.HI/c1-7-18-16(20-15-17(2,3)22-6)19-13-11-9-8-10-12-14-21(4)5;/h7-15H2,1-6H3,(H2,18,19,20);1H. The van der Waals surface area contributed by atoms with Gasteiger partial charge in [0, 0.05) is 17.8 Å². The fourth-order valence-electron chi connectivity index (χ4n) is 1.97. The van der Waals surface area contributed by atoms with E-state index in [2.05, 4.69) is 56.7 Å². The third kappa shape index (κ3) is 16.9. The number of rotatable bonds is 12. The zero-order chi connectivity index (χ0) is 16.8. The van der Waals surface area contributed by atoms with E-state index in [4.69, 9.17) is 4.99 Å². The summed E-state index contributed by atoms with van der Waals surface area (Å²) < 4.78 is 0.203. The van der Waals surface area contributed by atoms with E-state index in [0.717, 1.165) is 25.6 Å². The lowest BCUT2D eigenvalue weighted by molar-refractivity contribution is 0.389.